The Labute approximate surface area is 358 Å². The lowest BCUT2D eigenvalue weighted by Gasteiger charge is -2.35. The number of alkyl halides is 3. The first-order chi connectivity index (χ1) is 29.6. The minimum atomic E-state index is -4.46. The van der Waals surface area contributed by atoms with E-state index in [4.69, 9.17) is 14.5 Å². The molecule has 3 aromatic rings. The minimum absolute atomic E-state index is 0.0170. The molecule has 13 nitrogen and oxygen atoms in total. The van der Waals surface area contributed by atoms with Crippen LogP contribution in [0.5, 0.6) is 11.5 Å². The van der Waals surface area contributed by atoms with E-state index in [2.05, 4.69) is 10.0 Å². The number of hydrogen-bond acceptors (Lipinski definition) is 9. The van der Waals surface area contributed by atoms with Gasteiger partial charge in [-0.3, -0.25) is 23.9 Å². The molecule has 4 amide bonds. The van der Waals surface area contributed by atoms with E-state index in [0.29, 0.717) is 60.2 Å². The molecule has 2 saturated heterocycles. The largest absolute Gasteiger partial charge is 0.497 e. The normalized spacial score (nSPS) is 27.8. The van der Waals surface area contributed by atoms with E-state index < -0.39 is 87.1 Å². The van der Waals surface area contributed by atoms with Gasteiger partial charge in [-0.15, -0.1) is 0 Å². The van der Waals surface area contributed by atoms with Crippen LogP contribution in [0.3, 0.4) is 0 Å². The quantitative estimate of drug-likeness (QED) is 0.243. The molecule has 6 atom stereocenters. The summed E-state index contributed by atoms with van der Waals surface area (Å²) in [5.41, 5.74) is 0.425. The monoisotopic (exact) mass is 879 g/mol. The molecule has 2 N–H and O–H groups in total. The topological polar surface area (TPSA) is 164 Å². The fraction of sp³-hybridized carbons (Fsp3) is 0.533. The molecule has 5 aliphatic rings. The Balaban J connectivity index is 1.12. The van der Waals surface area contributed by atoms with Crippen LogP contribution in [0.15, 0.2) is 66.7 Å². The summed E-state index contributed by atoms with van der Waals surface area (Å²) in [6, 6.07) is 15.4. The molecule has 332 valence electrons. The van der Waals surface area contributed by atoms with Crippen LogP contribution < -0.4 is 19.5 Å². The van der Waals surface area contributed by atoms with Gasteiger partial charge < -0.3 is 24.6 Å². The van der Waals surface area contributed by atoms with Crippen LogP contribution in [-0.2, 0) is 29.2 Å². The molecule has 2 aromatic carbocycles. The summed E-state index contributed by atoms with van der Waals surface area (Å²) in [4.78, 5) is 64.6. The summed E-state index contributed by atoms with van der Waals surface area (Å²) >= 11 is 0. The van der Waals surface area contributed by atoms with Crippen LogP contribution in [0.4, 0.5) is 13.2 Å². The number of piperidine rings is 1. The molecular formula is C45H52F3N5O8S. The Kier molecular flexibility index (Phi) is 12.3. The number of aromatic nitrogens is 1. The highest BCUT2D eigenvalue weighted by Gasteiger charge is 2.62. The van der Waals surface area contributed by atoms with Crippen LogP contribution in [0, 0.1) is 17.8 Å². The third-order valence-electron chi connectivity index (χ3n) is 13.0. The zero-order valence-corrected chi connectivity index (χ0v) is 35.4. The number of halogens is 3. The van der Waals surface area contributed by atoms with Gasteiger partial charge in [-0.2, -0.15) is 13.2 Å². The molecular weight excluding hydrogens is 828 g/mol. The molecule has 1 unspecified atom stereocenters. The zero-order valence-electron chi connectivity index (χ0n) is 34.6. The first-order valence-corrected chi connectivity index (χ1v) is 23.1. The number of carbonyl (C=O) groups is 4. The number of hydrogen-bond donors (Lipinski definition) is 2. The number of nitrogens with one attached hydrogen (secondary N) is 2. The van der Waals surface area contributed by atoms with E-state index >= 15 is 0 Å². The summed E-state index contributed by atoms with van der Waals surface area (Å²) < 4.78 is 81.6. The number of benzene rings is 2. The number of carbonyl (C=O) groups excluding carboxylic acids is 4. The molecule has 0 radical (unpaired) electrons. The summed E-state index contributed by atoms with van der Waals surface area (Å²) in [7, 11) is -2.41. The van der Waals surface area contributed by atoms with Gasteiger partial charge in [0.2, 0.25) is 27.7 Å². The van der Waals surface area contributed by atoms with E-state index in [1.165, 1.54) is 9.80 Å². The molecule has 0 spiro atoms. The third kappa shape index (κ3) is 9.42. The first-order valence-electron chi connectivity index (χ1n) is 21.6. The van der Waals surface area contributed by atoms with Crippen molar-refractivity contribution < 1.29 is 50.2 Å². The molecule has 1 aromatic heterocycles. The van der Waals surface area contributed by atoms with Crippen molar-refractivity contribution in [3.8, 4) is 22.8 Å². The van der Waals surface area contributed by atoms with E-state index in [0.717, 1.165) is 12.0 Å². The van der Waals surface area contributed by atoms with Gasteiger partial charge in [0.25, 0.3) is 5.91 Å². The maximum Gasteiger partial charge on any atom is 0.393 e. The van der Waals surface area contributed by atoms with Gasteiger partial charge in [-0.25, -0.2) is 13.4 Å². The zero-order chi connectivity index (χ0) is 43.8. The number of pyridine rings is 1. The average Bonchev–Trinajstić information content (AvgIpc) is 4.19. The number of fused-ring (bicyclic) bond motifs is 3. The van der Waals surface area contributed by atoms with Gasteiger partial charge >= 0.3 is 6.18 Å². The molecule has 62 heavy (non-hydrogen) atoms. The van der Waals surface area contributed by atoms with Crippen LogP contribution >= 0.6 is 0 Å². The highest BCUT2D eigenvalue weighted by molar-refractivity contribution is 7.91. The Bertz CT molecular complexity index is 2340. The Morgan fingerprint density at radius 1 is 0.984 bits per heavy atom. The number of allylic oxidation sites excluding steroid dienone is 1. The van der Waals surface area contributed by atoms with Gasteiger partial charge in [0.05, 0.1) is 36.0 Å². The number of ether oxygens (including phenoxy) is 2. The fourth-order valence-corrected chi connectivity index (χ4v) is 10.5. The Morgan fingerprint density at radius 3 is 2.52 bits per heavy atom. The Hall–Kier alpha value is -5.19. The van der Waals surface area contributed by atoms with Gasteiger partial charge in [-0.05, 0) is 63.5 Å². The number of nitrogens with zero attached hydrogens (tertiary/aromatic N) is 3. The maximum absolute atomic E-state index is 14.9. The maximum atomic E-state index is 14.9. The SMILES string of the molecule is COc1ccc2c(O[C@@H]3C[C@H]4C(=O)N[C@]5(C(=O)NS(=O)(=O)C6CC6)C[C@@H]5/C=C\CCCCC[C@H](CC(=O)N5CCCC(C(F)(F)F)C5)C(=O)N4C3)cc(-c3ccccc3)nc2c1. The third-order valence-corrected chi connectivity index (χ3v) is 14.8. The highest BCUT2D eigenvalue weighted by Crippen LogP contribution is 2.46. The van der Waals surface area contributed by atoms with Gasteiger partial charge in [0.15, 0.2) is 0 Å². The van der Waals surface area contributed by atoms with E-state index in [-0.39, 0.29) is 51.6 Å². The summed E-state index contributed by atoms with van der Waals surface area (Å²) in [5, 5.41) is 2.84. The van der Waals surface area contributed by atoms with Crippen molar-refractivity contribution in [2.75, 3.05) is 26.7 Å². The molecule has 2 saturated carbocycles. The smallest absolute Gasteiger partial charge is 0.393 e. The van der Waals surface area contributed by atoms with Gasteiger partial charge in [0, 0.05) is 60.8 Å². The second-order valence-electron chi connectivity index (χ2n) is 17.4. The number of rotatable bonds is 9. The van der Waals surface area contributed by atoms with Crippen LogP contribution in [0.1, 0.15) is 77.0 Å². The average molecular weight is 880 g/mol. The van der Waals surface area contributed by atoms with E-state index in [9.17, 15) is 40.8 Å². The molecule has 2 aliphatic carbocycles. The molecule has 4 heterocycles. The van der Waals surface area contributed by atoms with Crippen molar-refractivity contribution in [3.63, 3.8) is 0 Å². The summed E-state index contributed by atoms with van der Waals surface area (Å²) in [5.74, 6) is -4.67. The van der Waals surface area contributed by atoms with Crippen LogP contribution in [-0.4, -0.2) is 103 Å². The van der Waals surface area contributed by atoms with Crippen LogP contribution in [0.25, 0.3) is 22.2 Å². The standard InChI is InChI=1S/C45H52F3N5O8S/c1-60-32-16-19-35-37(22-32)49-36(28-11-7-5-8-12-28)24-39(35)61-33-23-38-41(55)50-44(43(57)51-62(58,59)34-17-18-34)25-30(44)14-9-4-2-3-6-13-29(42(56)53(38)27-33)21-40(54)52-20-10-15-31(26-52)45(46,47)48/h5,7-9,11-12,14,16,19,22,24,29-31,33-34,38H,2-4,6,10,13,15,17-18,20-21,23,25-27H2,1H3,(H,50,55)(H,51,57)/b14-9-/t29-,30+,31?,33-,38+,44-/m1/s1. The number of amides is 4. The molecule has 17 heteroatoms. The van der Waals surface area contributed by atoms with Gasteiger partial charge in [-0.1, -0.05) is 55.3 Å². The molecule has 0 bridgehead atoms. The van der Waals surface area contributed by atoms with Crippen molar-refractivity contribution in [2.45, 2.75) is 106 Å². The van der Waals surface area contributed by atoms with Crippen LogP contribution in [0.2, 0.25) is 0 Å². The predicted molar refractivity (Wildman–Crippen MR) is 223 cm³/mol. The van der Waals surface area contributed by atoms with E-state index in [1.807, 2.05) is 48.6 Å². The van der Waals surface area contributed by atoms with E-state index in [1.54, 1.807) is 25.3 Å². The lowest BCUT2D eigenvalue weighted by Crippen LogP contribution is -2.57. The summed E-state index contributed by atoms with van der Waals surface area (Å²) in [6.45, 7) is -0.402. The second-order valence-corrected chi connectivity index (χ2v) is 19.3. The minimum Gasteiger partial charge on any atom is -0.497 e. The lowest BCUT2D eigenvalue weighted by molar-refractivity contribution is -0.188. The fourth-order valence-electron chi connectivity index (χ4n) is 9.13. The summed E-state index contributed by atoms with van der Waals surface area (Å²) in [6.07, 6.45) is 2.16. The van der Waals surface area contributed by atoms with Crippen molar-refractivity contribution in [1.82, 2.24) is 24.8 Å². The molecule has 3 aliphatic heterocycles. The highest BCUT2D eigenvalue weighted by atomic mass is 32.2. The predicted octanol–water partition coefficient (Wildman–Crippen LogP) is 6.07. The number of sulfonamides is 1. The lowest BCUT2D eigenvalue weighted by atomic mass is 9.93. The van der Waals surface area contributed by atoms with Crippen molar-refractivity contribution in [3.05, 3.63) is 66.7 Å². The van der Waals surface area contributed by atoms with Gasteiger partial charge in [0.1, 0.15) is 29.2 Å². The number of likely N-dealkylation sites (tertiary alicyclic amines) is 1. The second kappa shape index (κ2) is 17.5. The first kappa shape index (κ1) is 43.5. The van der Waals surface area contributed by atoms with Crippen molar-refractivity contribution >= 4 is 44.6 Å². The molecule has 8 rings (SSSR count). The van der Waals surface area contributed by atoms with Crippen molar-refractivity contribution in [1.29, 1.82) is 0 Å². The number of methoxy groups -OCH3 is 1. The Morgan fingerprint density at radius 2 is 1.77 bits per heavy atom. The molecule has 4 fully saturated rings. The van der Waals surface area contributed by atoms with Crippen molar-refractivity contribution in [2.24, 2.45) is 17.8 Å².